The van der Waals surface area contributed by atoms with Crippen molar-refractivity contribution < 1.29 is 4.74 Å². The van der Waals surface area contributed by atoms with E-state index >= 15 is 0 Å². The van der Waals surface area contributed by atoms with Crippen LogP contribution in [0, 0.1) is 0 Å². The monoisotopic (exact) mass is 424 g/mol. The minimum atomic E-state index is -0.513. The summed E-state index contributed by atoms with van der Waals surface area (Å²) < 4.78 is 10.7. The molecule has 0 saturated carbocycles. The fraction of sp³-hybridized carbons (Fsp3) is 0.444. The molecule has 0 aliphatic heterocycles. The van der Waals surface area contributed by atoms with Gasteiger partial charge in [0.05, 0.1) is 24.5 Å². The maximum atomic E-state index is 5.78. The Morgan fingerprint density at radius 3 is 2.72 bits per heavy atom. The van der Waals surface area contributed by atoms with Crippen molar-refractivity contribution in [3.05, 3.63) is 35.5 Å². The van der Waals surface area contributed by atoms with Crippen LogP contribution in [-0.4, -0.2) is 50.5 Å². The molecule has 0 spiro atoms. The van der Waals surface area contributed by atoms with E-state index in [1.165, 1.54) is 10.9 Å². The third-order valence-electron chi connectivity index (χ3n) is 4.08. The van der Waals surface area contributed by atoms with E-state index in [1.807, 2.05) is 23.3 Å². The smallest absolute Gasteiger partial charge is 0.139 e. The summed E-state index contributed by atoms with van der Waals surface area (Å²) in [4.78, 5) is 4.35. The third kappa shape index (κ3) is 4.46. The molecule has 0 aliphatic carbocycles. The zero-order valence-electron chi connectivity index (χ0n) is 15.2. The molecule has 0 aromatic carbocycles. The van der Waals surface area contributed by atoms with Crippen molar-refractivity contribution in [2.75, 3.05) is 31.1 Å². The van der Waals surface area contributed by atoms with Crippen molar-refractivity contribution in [3.8, 4) is 11.1 Å². The molecule has 0 radical (unpaired) electrons. The van der Waals surface area contributed by atoms with Crippen LogP contribution in [0.2, 0.25) is 0 Å². The largest absolute Gasteiger partial charge is 0.358 e. The van der Waals surface area contributed by atoms with Gasteiger partial charge in [-0.3, -0.25) is 0 Å². The number of fused-ring (bicyclic) bond motifs is 1. The zero-order valence-corrected chi connectivity index (χ0v) is 17.6. The molecule has 0 fully saturated rings. The molecule has 0 amide bonds. The standard InChI is InChI=1S/C18H25BrN4OS/c1-5-22-12-16(15-8-18(19)20-10-17(15)22)14-9-21-23(11-14)13-24-6-7-25(2,3)4/h8-12H,5-7,13H2,1-4H3. The van der Waals surface area contributed by atoms with Crippen molar-refractivity contribution in [3.63, 3.8) is 0 Å². The average Bonchev–Trinajstić information content (AvgIpc) is 3.14. The number of halogens is 1. The van der Waals surface area contributed by atoms with E-state index < -0.39 is 10.0 Å². The lowest BCUT2D eigenvalue weighted by molar-refractivity contribution is 0.0809. The maximum Gasteiger partial charge on any atom is 0.139 e. The van der Waals surface area contributed by atoms with E-state index in [2.05, 4.69) is 68.5 Å². The molecule has 0 aliphatic rings. The van der Waals surface area contributed by atoms with Crippen molar-refractivity contribution in [2.45, 2.75) is 20.2 Å². The minimum Gasteiger partial charge on any atom is -0.358 e. The molecule has 3 rings (SSSR count). The Hall–Kier alpha value is -1.31. The Balaban J connectivity index is 1.78. The van der Waals surface area contributed by atoms with Crippen LogP contribution in [0.15, 0.2) is 35.5 Å². The van der Waals surface area contributed by atoms with Gasteiger partial charge in [-0.1, -0.05) is 0 Å². The number of hydrogen-bond acceptors (Lipinski definition) is 3. The van der Waals surface area contributed by atoms with E-state index in [4.69, 9.17) is 4.74 Å². The summed E-state index contributed by atoms with van der Waals surface area (Å²) in [5.41, 5.74) is 3.41. The first-order valence-electron chi connectivity index (χ1n) is 8.28. The number of aryl methyl sites for hydroxylation is 1. The van der Waals surface area contributed by atoms with Gasteiger partial charge in [0, 0.05) is 41.2 Å². The third-order valence-corrected chi connectivity index (χ3v) is 5.91. The lowest BCUT2D eigenvalue weighted by Gasteiger charge is -2.24. The van der Waals surface area contributed by atoms with Crippen LogP contribution in [0.3, 0.4) is 0 Å². The van der Waals surface area contributed by atoms with Crippen LogP contribution in [0.5, 0.6) is 0 Å². The first-order valence-corrected chi connectivity index (χ1v) is 12.1. The SMILES string of the molecule is CCn1cc(-c2cnn(COCCS(C)(C)C)c2)c2cc(Br)ncc21. The summed E-state index contributed by atoms with van der Waals surface area (Å²) in [6.45, 7) is 4.32. The first-order chi connectivity index (χ1) is 11.9. The summed E-state index contributed by atoms with van der Waals surface area (Å²) in [6.07, 6.45) is 14.9. The summed E-state index contributed by atoms with van der Waals surface area (Å²) in [7, 11) is -0.513. The maximum absolute atomic E-state index is 5.78. The highest BCUT2D eigenvalue weighted by molar-refractivity contribution is 9.10. The van der Waals surface area contributed by atoms with Crippen LogP contribution in [0.1, 0.15) is 6.92 Å². The van der Waals surface area contributed by atoms with Gasteiger partial charge in [-0.05, 0) is 47.7 Å². The molecule has 25 heavy (non-hydrogen) atoms. The Morgan fingerprint density at radius 1 is 1.20 bits per heavy atom. The van der Waals surface area contributed by atoms with E-state index in [1.54, 1.807) is 0 Å². The molecule has 7 heteroatoms. The van der Waals surface area contributed by atoms with Crippen LogP contribution < -0.4 is 0 Å². The van der Waals surface area contributed by atoms with Crippen molar-refractivity contribution in [2.24, 2.45) is 0 Å². The summed E-state index contributed by atoms with van der Waals surface area (Å²) in [5, 5.41) is 5.63. The zero-order chi connectivity index (χ0) is 18.0. The van der Waals surface area contributed by atoms with Crippen molar-refractivity contribution in [1.29, 1.82) is 0 Å². The van der Waals surface area contributed by atoms with Gasteiger partial charge in [0.2, 0.25) is 0 Å². The second-order valence-corrected chi connectivity index (χ2v) is 12.4. The van der Waals surface area contributed by atoms with Gasteiger partial charge in [-0.15, -0.1) is 0 Å². The fourth-order valence-corrected chi connectivity index (χ4v) is 3.64. The van der Waals surface area contributed by atoms with E-state index in [0.29, 0.717) is 6.73 Å². The number of nitrogens with zero attached hydrogens (tertiary/aromatic N) is 4. The van der Waals surface area contributed by atoms with E-state index in [0.717, 1.165) is 34.6 Å². The van der Waals surface area contributed by atoms with Crippen LogP contribution in [0.25, 0.3) is 22.0 Å². The topological polar surface area (TPSA) is 44.9 Å². The second-order valence-electron chi connectivity index (χ2n) is 6.95. The Kier molecular flexibility index (Phi) is 5.55. The van der Waals surface area contributed by atoms with Gasteiger partial charge in [0.15, 0.2) is 0 Å². The number of rotatable bonds is 7. The Bertz CT molecular complexity index is 866. The molecular weight excluding hydrogens is 400 g/mol. The molecule has 3 aromatic rings. The molecule has 0 bridgehead atoms. The lowest BCUT2D eigenvalue weighted by Crippen LogP contribution is -2.10. The predicted octanol–water partition coefficient (Wildman–Crippen LogP) is 4.35. The van der Waals surface area contributed by atoms with Crippen LogP contribution in [0.4, 0.5) is 0 Å². The Labute approximate surface area is 158 Å². The van der Waals surface area contributed by atoms with Crippen molar-refractivity contribution >= 4 is 36.9 Å². The molecule has 0 N–H and O–H groups in total. The number of ether oxygens (including phenoxy) is 1. The normalized spacial score (nSPS) is 12.8. The van der Waals surface area contributed by atoms with E-state index in [-0.39, 0.29) is 0 Å². The van der Waals surface area contributed by atoms with Crippen LogP contribution in [-0.2, 0) is 18.0 Å². The predicted molar refractivity (Wildman–Crippen MR) is 111 cm³/mol. The fourth-order valence-electron chi connectivity index (χ4n) is 2.69. The van der Waals surface area contributed by atoms with Gasteiger partial charge in [0.25, 0.3) is 0 Å². The highest BCUT2D eigenvalue weighted by atomic mass is 79.9. The van der Waals surface area contributed by atoms with Gasteiger partial charge in [-0.25, -0.2) is 19.7 Å². The van der Waals surface area contributed by atoms with E-state index in [9.17, 15) is 0 Å². The second kappa shape index (κ2) is 7.51. The van der Waals surface area contributed by atoms with Crippen molar-refractivity contribution in [1.82, 2.24) is 19.3 Å². The first kappa shape index (κ1) is 18.5. The summed E-state index contributed by atoms with van der Waals surface area (Å²) in [5.74, 6) is 1.12. The van der Waals surface area contributed by atoms with Gasteiger partial charge < -0.3 is 9.30 Å². The molecule has 0 saturated heterocycles. The quantitative estimate of drug-likeness (QED) is 0.418. The Morgan fingerprint density at radius 2 is 2.00 bits per heavy atom. The molecular formula is C18H25BrN4OS. The number of pyridine rings is 1. The summed E-state index contributed by atoms with van der Waals surface area (Å²) >= 11 is 3.47. The molecule has 5 nitrogen and oxygen atoms in total. The lowest BCUT2D eigenvalue weighted by atomic mass is 10.1. The molecule has 0 atom stereocenters. The van der Waals surface area contributed by atoms with Gasteiger partial charge in [-0.2, -0.15) is 5.10 Å². The van der Waals surface area contributed by atoms with Gasteiger partial charge >= 0.3 is 0 Å². The van der Waals surface area contributed by atoms with Gasteiger partial charge in [0.1, 0.15) is 11.3 Å². The number of aromatic nitrogens is 4. The minimum absolute atomic E-state index is 0.493. The van der Waals surface area contributed by atoms with Crippen LogP contribution >= 0.6 is 26.0 Å². The highest BCUT2D eigenvalue weighted by Crippen LogP contribution is 2.34. The molecule has 136 valence electrons. The molecule has 3 heterocycles. The average molecular weight is 425 g/mol. The molecule has 3 aromatic heterocycles. The molecule has 0 unspecified atom stereocenters. The summed E-state index contributed by atoms with van der Waals surface area (Å²) in [6, 6.07) is 2.07. The highest BCUT2D eigenvalue weighted by Gasteiger charge is 2.12. The number of hydrogen-bond donors (Lipinski definition) is 0.